The van der Waals surface area contributed by atoms with Gasteiger partial charge in [0.2, 0.25) is 5.01 Å². The van der Waals surface area contributed by atoms with Crippen molar-refractivity contribution in [2.24, 2.45) is 0 Å². The first-order chi connectivity index (χ1) is 9.74. The fourth-order valence-corrected chi connectivity index (χ4v) is 1.87. The zero-order chi connectivity index (χ0) is 14.6. The maximum Gasteiger partial charge on any atom is 0.365 e. The van der Waals surface area contributed by atoms with Crippen LogP contribution >= 0.6 is 11.3 Å². The largest absolute Gasteiger partial charge is 0.476 e. The average Bonchev–Trinajstić information content (AvgIpc) is 2.90. The molecule has 1 aromatic heterocycles. The summed E-state index contributed by atoms with van der Waals surface area (Å²) in [6.45, 7) is 3.35. The van der Waals surface area contributed by atoms with E-state index in [-0.39, 0.29) is 11.6 Å². The molecule has 0 saturated heterocycles. The molecule has 0 aromatic carbocycles. The number of ether oxygens (including phenoxy) is 4. The van der Waals surface area contributed by atoms with Crippen molar-refractivity contribution in [1.82, 2.24) is 4.98 Å². The highest BCUT2D eigenvalue weighted by Gasteiger charge is 2.08. The first-order valence-corrected chi connectivity index (χ1v) is 7.02. The first kappa shape index (κ1) is 17.0. The molecule has 0 radical (unpaired) electrons. The van der Waals surface area contributed by atoms with Crippen LogP contribution in [0.5, 0.6) is 0 Å². The lowest BCUT2D eigenvalue weighted by molar-refractivity contribution is 0.000507. The maximum atomic E-state index is 10.6. The lowest BCUT2D eigenvalue weighted by Gasteiger charge is -2.05. The topological polar surface area (TPSA) is 87.1 Å². The number of rotatable bonds is 12. The standard InChI is InChI=1S/C12H19NO6S/c1-16-2-3-17-4-5-18-6-7-19-8-10-9-20-11(13-10)12(14)15/h9H,2-8H2,1H3,(H,14,15). The van der Waals surface area contributed by atoms with E-state index in [4.69, 9.17) is 24.1 Å². The Labute approximate surface area is 121 Å². The Morgan fingerprint density at radius 2 is 1.75 bits per heavy atom. The van der Waals surface area contributed by atoms with Crippen molar-refractivity contribution in [2.45, 2.75) is 6.61 Å². The summed E-state index contributed by atoms with van der Waals surface area (Å²) in [7, 11) is 1.62. The second kappa shape index (κ2) is 10.7. The number of hydrogen-bond donors (Lipinski definition) is 1. The quantitative estimate of drug-likeness (QED) is 0.577. The van der Waals surface area contributed by atoms with Crippen LogP contribution in [0.15, 0.2) is 5.38 Å². The number of nitrogens with zero attached hydrogens (tertiary/aromatic N) is 1. The molecule has 0 saturated carbocycles. The van der Waals surface area contributed by atoms with Gasteiger partial charge in [-0.3, -0.25) is 0 Å². The second-order valence-electron chi connectivity index (χ2n) is 3.72. The Morgan fingerprint density at radius 3 is 2.30 bits per heavy atom. The molecule has 1 N–H and O–H groups in total. The van der Waals surface area contributed by atoms with Crippen molar-refractivity contribution in [3.8, 4) is 0 Å². The average molecular weight is 305 g/mol. The van der Waals surface area contributed by atoms with Crippen molar-refractivity contribution in [2.75, 3.05) is 46.8 Å². The summed E-state index contributed by atoms with van der Waals surface area (Å²) in [5, 5.41) is 10.5. The molecule has 0 aliphatic heterocycles. The van der Waals surface area contributed by atoms with Gasteiger partial charge in [0.1, 0.15) is 0 Å². The molecule has 7 nitrogen and oxygen atoms in total. The fourth-order valence-electron chi connectivity index (χ4n) is 1.23. The zero-order valence-corrected chi connectivity index (χ0v) is 12.2. The number of methoxy groups -OCH3 is 1. The molecule has 1 heterocycles. The van der Waals surface area contributed by atoms with E-state index in [1.54, 1.807) is 12.5 Å². The van der Waals surface area contributed by atoms with Crippen LogP contribution in [0.3, 0.4) is 0 Å². The van der Waals surface area contributed by atoms with Gasteiger partial charge in [0.05, 0.1) is 51.9 Å². The summed E-state index contributed by atoms with van der Waals surface area (Å²) in [6.07, 6.45) is 0. The Balaban J connectivity index is 1.93. The van der Waals surface area contributed by atoms with Crippen molar-refractivity contribution < 1.29 is 28.8 Å². The van der Waals surface area contributed by atoms with Gasteiger partial charge in [-0.1, -0.05) is 0 Å². The van der Waals surface area contributed by atoms with Gasteiger partial charge < -0.3 is 24.1 Å². The number of thiazole rings is 1. The summed E-state index contributed by atoms with van der Waals surface area (Å²) in [4.78, 5) is 14.5. The van der Waals surface area contributed by atoms with E-state index in [0.29, 0.717) is 45.3 Å². The van der Waals surface area contributed by atoms with E-state index in [2.05, 4.69) is 4.98 Å². The van der Waals surface area contributed by atoms with Crippen molar-refractivity contribution in [1.29, 1.82) is 0 Å². The maximum absolute atomic E-state index is 10.6. The third-order valence-electron chi connectivity index (χ3n) is 2.16. The molecule has 0 fully saturated rings. The number of hydrogen-bond acceptors (Lipinski definition) is 7. The SMILES string of the molecule is COCCOCCOCCOCc1csc(C(=O)O)n1. The first-order valence-electron chi connectivity index (χ1n) is 6.14. The van der Waals surface area contributed by atoms with E-state index < -0.39 is 5.97 Å². The molecule has 0 unspecified atom stereocenters. The fraction of sp³-hybridized carbons (Fsp3) is 0.667. The van der Waals surface area contributed by atoms with Crippen LogP contribution in [0.1, 0.15) is 15.5 Å². The van der Waals surface area contributed by atoms with E-state index in [1.165, 1.54) is 0 Å². The van der Waals surface area contributed by atoms with Gasteiger partial charge in [0.25, 0.3) is 0 Å². The molecule has 0 aliphatic rings. The summed E-state index contributed by atoms with van der Waals surface area (Å²) in [5.41, 5.74) is 0.621. The Kier molecular flexibility index (Phi) is 9.09. The van der Waals surface area contributed by atoms with Gasteiger partial charge in [0, 0.05) is 12.5 Å². The third-order valence-corrected chi connectivity index (χ3v) is 3.04. The molecular formula is C12H19NO6S. The van der Waals surface area contributed by atoms with Gasteiger partial charge in [-0.05, 0) is 0 Å². The Hall–Kier alpha value is -1.06. The van der Waals surface area contributed by atoms with Gasteiger partial charge in [0.15, 0.2) is 0 Å². The highest BCUT2D eigenvalue weighted by Crippen LogP contribution is 2.10. The molecule has 20 heavy (non-hydrogen) atoms. The lowest BCUT2D eigenvalue weighted by Crippen LogP contribution is -2.11. The molecule has 0 amide bonds. The molecule has 1 rings (SSSR count). The molecule has 0 aliphatic carbocycles. The minimum atomic E-state index is -1.02. The normalized spacial score (nSPS) is 10.8. The number of carboxylic acids is 1. The Bertz CT molecular complexity index is 384. The zero-order valence-electron chi connectivity index (χ0n) is 11.4. The molecule has 0 atom stereocenters. The second-order valence-corrected chi connectivity index (χ2v) is 4.58. The number of carboxylic acid groups (broad SMARTS) is 1. The molecule has 0 spiro atoms. The summed E-state index contributed by atoms with van der Waals surface area (Å²) in [5.74, 6) is -1.02. The van der Waals surface area contributed by atoms with Crippen LogP contribution in [0.2, 0.25) is 0 Å². The number of carbonyl (C=O) groups is 1. The van der Waals surface area contributed by atoms with Gasteiger partial charge >= 0.3 is 5.97 Å². The predicted molar refractivity (Wildman–Crippen MR) is 72.2 cm³/mol. The van der Waals surface area contributed by atoms with E-state index in [9.17, 15) is 4.79 Å². The van der Waals surface area contributed by atoms with Gasteiger partial charge in [-0.2, -0.15) is 0 Å². The van der Waals surface area contributed by atoms with Gasteiger partial charge in [-0.15, -0.1) is 11.3 Å². The highest BCUT2D eigenvalue weighted by molar-refractivity contribution is 7.11. The Morgan fingerprint density at radius 1 is 1.15 bits per heavy atom. The minimum absolute atomic E-state index is 0.0769. The van der Waals surface area contributed by atoms with Crippen molar-refractivity contribution >= 4 is 17.3 Å². The number of aromatic nitrogens is 1. The van der Waals surface area contributed by atoms with E-state index >= 15 is 0 Å². The summed E-state index contributed by atoms with van der Waals surface area (Å²) in [6, 6.07) is 0. The summed E-state index contributed by atoms with van der Waals surface area (Å²) < 4.78 is 20.7. The van der Waals surface area contributed by atoms with Crippen LogP contribution < -0.4 is 0 Å². The third kappa shape index (κ3) is 7.51. The van der Waals surface area contributed by atoms with Crippen LogP contribution in [0, 0.1) is 0 Å². The van der Waals surface area contributed by atoms with Gasteiger partial charge in [-0.25, -0.2) is 9.78 Å². The van der Waals surface area contributed by atoms with E-state index in [0.717, 1.165) is 11.3 Å². The van der Waals surface area contributed by atoms with Crippen LogP contribution in [-0.4, -0.2) is 62.8 Å². The molecule has 1 aromatic rings. The smallest absolute Gasteiger partial charge is 0.365 e. The van der Waals surface area contributed by atoms with Crippen molar-refractivity contribution in [3.05, 3.63) is 16.1 Å². The van der Waals surface area contributed by atoms with Crippen LogP contribution in [0.4, 0.5) is 0 Å². The summed E-state index contributed by atoms with van der Waals surface area (Å²) >= 11 is 1.09. The molecule has 114 valence electrons. The monoisotopic (exact) mass is 305 g/mol. The molecular weight excluding hydrogens is 286 g/mol. The lowest BCUT2D eigenvalue weighted by atomic mass is 10.5. The van der Waals surface area contributed by atoms with E-state index in [1.807, 2.05) is 0 Å². The van der Waals surface area contributed by atoms with Crippen LogP contribution in [-0.2, 0) is 25.6 Å². The van der Waals surface area contributed by atoms with Crippen molar-refractivity contribution in [3.63, 3.8) is 0 Å². The molecule has 0 bridgehead atoms. The number of aromatic carboxylic acids is 1. The minimum Gasteiger partial charge on any atom is -0.476 e. The van der Waals surface area contributed by atoms with Crippen LogP contribution in [0.25, 0.3) is 0 Å². The molecule has 8 heteroatoms. The highest BCUT2D eigenvalue weighted by atomic mass is 32.1. The predicted octanol–water partition coefficient (Wildman–Crippen LogP) is 1.04.